The molecule has 4 rings (SSSR count). The first kappa shape index (κ1) is 26.7. The molecule has 0 spiro atoms. The number of carbonyl (C=O) groups excluding carboxylic acids is 3. The Bertz CT molecular complexity index is 1170. The fraction of sp³-hybridized carbons (Fsp3) is 0.462. The lowest BCUT2D eigenvalue weighted by Gasteiger charge is -2.28. The van der Waals surface area contributed by atoms with Gasteiger partial charge in [-0.2, -0.15) is 0 Å². The SMILES string of the molecule is COC(=O)Nc1ccc2c(c1)NC(=O)CC/C=C/C[C@H](NC(=O)C1CCC(CN)CC1)c1nc-2c(Cl)[nH]1. The molecule has 10 nitrogen and oxygen atoms in total. The number of H-pyrrole nitrogens is 1. The molecule has 1 fully saturated rings. The Morgan fingerprint density at radius 2 is 2.00 bits per heavy atom. The fourth-order valence-corrected chi connectivity index (χ4v) is 5.02. The standard InChI is InChI=1S/C26H33ClN6O4/c1-37-26(36)29-17-11-12-18-20(13-17)30-21(34)6-4-2-3-5-19(24-32-22(18)23(27)33-24)31-25(35)16-9-7-15(14-28)8-10-16/h2-3,11-13,15-16,19H,4-10,14,28H2,1H3,(H,29,36)(H,30,34)(H,31,35)(H,32,33)/b3-2+/t15?,16?,19-/m0/s1. The Balaban J connectivity index is 1.63. The Morgan fingerprint density at radius 1 is 1.22 bits per heavy atom. The Hall–Kier alpha value is -3.37. The topological polar surface area (TPSA) is 151 Å². The summed E-state index contributed by atoms with van der Waals surface area (Å²) in [5, 5.41) is 8.93. The molecule has 6 N–H and O–H groups in total. The number of allylic oxidation sites excluding steroid dienone is 1. The number of anilines is 2. The van der Waals surface area contributed by atoms with Crippen molar-refractivity contribution < 1.29 is 19.1 Å². The number of methoxy groups -OCH3 is 1. The molecule has 0 radical (unpaired) electrons. The summed E-state index contributed by atoms with van der Waals surface area (Å²) >= 11 is 6.58. The zero-order valence-corrected chi connectivity index (χ0v) is 21.6. The van der Waals surface area contributed by atoms with E-state index in [1.807, 2.05) is 12.2 Å². The van der Waals surface area contributed by atoms with E-state index < -0.39 is 12.1 Å². The molecule has 1 saturated carbocycles. The summed E-state index contributed by atoms with van der Waals surface area (Å²) in [4.78, 5) is 45.3. The first-order chi connectivity index (χ1) is 17.9. The maximum absolute atomic E-state index is 13.1. The molecule has 2 bridgehead atoms. The van der Waals surface area contributed by atoms with Gasteiger partial charge in [0, 0.05) is 23.6 Å². The average Bonchev–Trinajstić information content (AvgIpc) is 3.28. The van der Waals surface area contributed by atoms with Gasteiger partial charge in [-0.05, 0) is 69.2 Å². The van der Waals surface area contributed by atoms with Crippen LogP contribution >= 0.6 is 11.6 Å². The highest BCUT2D eigenvalue weighted by atomic mass is 35.5. The van der Waals surface area contributed by atoms with Crippen LogP contribution in [0.5, 0.6) is 0 Å². The summed E-state index contributed by atoms with van der Waals surface area (Å²) in [6, 6.07) is 4.61. The molecule has 2 aromatic rings. The summed E-state index contributed by atoms with van der Waals surface area (Å²) < 4.78 is 4.66. The smallest absolute Gasteiger partial charge is 0.411 e. The molecule has 11 heteroatoms. The largest absolute Gasteiger partial charge is 0.453 e. The highest BCUT2D eigenvalue weighted by Gasteiger charge is 2.29. The van der Waals surface area contributed by atoms with Crippen molar-refractivity contribution in [2.75, 3.05) is 24.3 Å². The van der Waals surface area contributed by atoms with Crippen LogP contribution in [0.3, 0.4) is 0 Å². The second-order valence-corrected chi connectivity index (χ2v) is 9.85. The summed E-state index contributed by atoms with van der Waals surface area (Å²) in [6.45, 7) is 0.661. The minimum atomic E-state index is -0.628. The Morgan fingerprint density at radius 3 is 2.73 bits per heavy atom. The van der Waals surface area contributed by atoms with Crippen LogP contribution in [0.15, 0.2) is 30.4 Å². The van der Waals surface area contributed by atoms with Crippen LogP contribution in [-0.2, 0) is 14.3 Å². The van der Waals surface area contributed by atoms with E-state index in [4.69, 9.17) is 22.3 Å². The third-order valence-corrected chi connectivity index (χ3v) is 7.21. The number of aromatic nitrogens is 2. The first-order valence-corrected chi connectivity index (χ1v) is 13.0. The van der Waals surface area contributed by atoms with Gasteiger partial charge < -0.3 is 26.1 Å². The van der Waals surface area contributed by atoms with E-state index in [9.17, 15) is 14.4 Å². The van der Waals surface area contributed by atoms with Crippen LogP contribution in [0.2, 0.25) is 5.15 Å². The number of rotatable bonds is 4. The van der Waals surface area contributed by atoms with Crippen molar-refractivity contribution in [3.05, 3.63) is 41.3 Å². The molecule has 1 aromatic heterocycles. The molecular formula is C26H33ClN6O4. The third kappa shape index (κ3) is 6.69. The van der Waals surface area contributed by atoms with E-state index in [1.54, 1.807) is 18.2 Å². The van der Waals surface area contributed by atoms with Gasteiger partial charge in [-0.15, -0.1) is 0 Å². The number of halogens is 1. The second-order valence-electron chi connectivity index (χ2n) is 9.47. The van der Waals surface area contributed by atoms with Crippen LogP contribution in [0.1, 0.15) is 56.8 Å². The van der Waals surface area contributed by atoms with Crippen molar-refractivity contribution >= 4 is 40.9 Å². The molecule has 1 aliphatic carbocycles. The van der Waals surface area contributed by atoms with Crippen molar-refractivity contribution in [2.24, 2.45) is 17.6 Å². The third-order valence-electron chi connectivity index (χ3n) is 6.93. The molecule has 0 unspecified atom stereocenters. The Labute approximate surface area is 220 Å². The van der Waals surface area contributed by atoms with Crippen molar-refractivity contribution in [2.45, 2.75) is 51.0 Å². The number of amides is 3. The summed E-state index contributed by atoms with van der Waals surface area (Å²) in [5.74, 6) is 0.781. The van der Waals surface area contributed by atoms with E-state index in [0.717, 1.165) is 25.7 Å². The molecule has 37 heavy (non-hydrogen) atoms. The van der Waals surface area contributed by atoms with Gasteiger partial charge >= 0.3 is 6.09 Å². The number of imidazole rings is 1. The van der Waals surface area contributed by atoms with Crippen molar-refractivity contribution in [3.63, 3.8) is 0 Å². The van der Waals surface area contributed by atoms with E-state index >= 15 is 0 Å². The van der Waals surface area contributed by atoms with Crippen LogP contribution in [0.25, 0.3) is 11.3 Å². The van der Waals surface area contributed by atoms with Gasteiger partial charge in [0.2, 0.25) is 11.8 Å². The quantitative estimate of drug-likeness (QED) is 0.368. The van der Waals surface area contributed by atoms with Crippen molar-refractivity contribution in [1.82, 2.24) is 15.3 Å². The molecule has 198 valence electrons. The summed E-state index contributed by atoms with van der Waals surface area (Å²) in [7, 11) is 1.27. The average molecular weight is 529 g/mol. The van der Waals surface area contributed by atoms with Gasteiger partial charge in [0.15, 0.2) is 0 Å². The van der Waals surface area contributed by atoms with Crippen molar-refractivity contribution in [1.29, 1.82) is 0 Å². The summed E-state index contributed by atoms with van der Waals surface area (Å²) in [5.41, 5.74) is 7.70. The maximum atomic E-state index is 13.1. The van der Waals surface area contributed by atoms with Crippen LogP contribution in [-0.4, -0.2) is 41.5 Å². The van der Waals surface area contributed by atoms with E-state index in [0.29, 0.717) is 53.8 Å². The highest BCUT2D eigenvalue weighted by molar-refractivity contribution is 6.32. The molecule has 2 heterocycles. The number of carbonyl (C=O) groups is 3. The van der Waals surface area contributed by atoms with Gasteiger partial charge in [0.05, 0.1) is 18.8 Å². The lowest BCUT2D eigenvalue weighted by Crippen LogP contribution is -2.36. The number of hydrogen-bond donors (Lipinski definition) is 5. The predicted molar refractivity (Wildman–Crippen MR) is 142 cm³/mol. The number of benzene rings is 1. The molecule has 3 amide bonds. The Kier molecular flexibility index (Phi) is 8.83. The number of nitrogens with one attached hydrogen (secondary N) is 4. The van der Waals surface area contributed by atoms with Gasteiger partial charge in [-0.25, -0.2) is 9.78 Å². The predicted octanol–water partition coefficient (Wildman–Crippen LogP) is 4.51. The van der Waals surface area contributed by atoms with Crippen LogP contribution in [0.4, 0.5) is 16.2 Å². The highest BCUT2D eigenvalue weighted by Crippen LogP contribution is 2.36. The van der Waals surface area contributed by atoms with Crippen molar-refractivity contribution in [3.8, 4) is 11.3 Å². The van der Waals surface area contributed by atoms with Gasteiger partial charge in [0.25, 0.3) is 0 Å². The minimum Gasteiger partial charge on any atom is -0.453 e. The normalized spacial score (nSPS) is 22.8. The van der Waals surface area contributed by atoms with E-state index in [-0.39, 0.29) is 29.3 Å². The zero-order chi connectivity index (χ0) is 26.4. The van der Waals surface area contributed by atoms with Gasteiger partial charge in [-0.3, -0.25) is 14.9 Å². The lowest BCUT2D eigenvalue weighted by atomic mass is 9.81. The first-order valence-electron chi connectivity index (χ1n) is 12.6. The van der Waals surface area contributed by atoms with Gasteiger partial charge in [0.1, 0.15) is 16.7 Å². The number of nitrogens with two attached hydrogens (primary N) is 1. The number of aromatic amines is 1. The number of ether oxygens (including phenoxy) is 1. The zero-order valence-electron chi connectivity index (χ0n) is 20.8. The second kappa shape index (κ2) is 12.2. The number of hydrogen-bond acceptors (Lipinski definition) is 6. The van der Waals surface area contributed by atoms with Gasteiger partial charge in [-0.1, -0.05) is 23.8 Å². The van der Waals surface area contributed by atoms with E-state index in [1.165, 1.54) is 7.11 Å². The molecule has 1 aliphatic heterocycles. The summed E-state index contributed by atoms with van der Waals surface area (Å²) in [6.07, 6.45) is 8.11. The number of fused-ring (bicyclic) bond motifs is 4. The monoisotopic (exact) mass is 528 g/mol. The molecule has 0 saturated heterocycles. The maximum Gasteiger partial charge on any atom is 0.411 e. The molecule has 1 aromatic carbocycles. The number of nitrogens with zero attached hydrogens (tertiary/aromatic N) is 1. The van der Waals surface area contributed by atoms with Crippen LogP contribution in [0, 0.1) is 11.8 Å². The molecule has 2 aliphatic rings. The molecular weight excluding hydrogens is 496 g/mol. The fourth-order valence-electron chi connectivity index (χ4n) is 4.78. The lowest BCUT2D eigenvalue weighted by molar-refractivity contribution is -0.127. The molecule has 1 atom stereocenters. The van der Waals surface area contributed by atoms with E-state index in [2.05, 4.69) is 25.7 Å². The van der Waals surface area contributed by atoms with Crippen LogP contribution < -0.4 is 21.7 Å². The minimum absolute atomic E-state index is 0.00281.